The molecule has 7 heteroatoms. The van der Waals surface area contributed by atoms with Gasteiger partial charge in [-0.1, -0.05) is 12.8 Å². The summed E-state index contributed by atoms with van der Waals surface area (Å²) in [6.45, 7) is 7.70. The van der Waals surface area contributed by atoms with Crippen LogP contribution in [0.1, 0.15) is 38.5 Å². The maximum absolute atomic E-state index is 12.6. The molecule has 3 saturated heterocycles. The van der Waals surface area contributed by atoms with E-state index in [-0.39, 0.29) is 36.8 Å². The number of morpholine rings is 1. The van der Waals surface area contributed by atoms with Crippen molar-refractivity contribution in [2.75, 3.05) is 52.4 Å². The lowest BCUT2D eigenvalue weighted by molar-refractivity contribution is -0.147. The van der Waals surface area contributed by atoms with Gasteiger partial charge in [-0.3, -0.25) is 4.79 Å². The molecule has 0 aliphatic carbocycles. The lowest BCUT2D eigenvalue weighted by Crippen LogP contribution is -2.52. The monoisotopic (exact) mass is 381 g/mol. The fourth-order valence-corrected chi connectivity index (χ4v) is 4.03. The number of ether oxygens (including phenoxy) is 1. The Hall–Kier alpha value is -0.0700. The van der Waals surface area contributed by atoms with Crippen LogP contribution in [-0.4, -0.2) is 74.2 Å². The minimum atomic E-state index is -0.259. The summed E-state index contributed by atoms with van der Waals surface area (Å²) >= 11 is 0. The largest absolute Gasteiger partial charge is 0.366 e. The van der Waals surface area contributed by atoms with E-state index in [1.165, 1.54) is 51.7 Å². The highest BCUT2D eigenvalue weighted by Gasteiger charge is 2.31. The summed E-state index contributed by atoms with van der Waals surface area (Å²) in [4.78, 5) is 17.3. The molecular weight excluding hydrogens is 349 g/mol. The molecule has 3 aliphatic heterocycles. The molecule has 0 aromatic rings. The quantitative estimate of drug-likeness (QED) is 0.810. The van der Waals surface area contributed by atoms with Gasteiger partial charge in [-0.25, -0.2) is 0 Å². The molecule has 3 aliphatic rings. The van der Waals surface area contributed by atoms with Crippen LogP contribution in [0.15, 0.2) is 0 Å². The molecule has 5 nitrogen and oxygen atoms in total. The Morgan fingerprint density at radius 1 is 1.04 bits per heavy atom. The molecule has 2 unspecified atom stereocenters. The SMILES string of the molecule is Cl.Cl.O=C(C1CNCCO1)N1CCCC(CN2CCCCCC2)C1. The van der Waals surface area contributed by atoms with Crippen LogP contribution in [0.3, 0.4) is 0 Å². The summed E-state index contributed by atoms with van der Waals surface area (Å²) in [5.41, 5.74) is 0. The Labute approximate surface area is 158 Å². The molecule has 1 amide bonds. The summed E-state index contributed by atoms with van der Waals surface area (Å²) < 4.78 is 5.63. The van der Waals surface area contributed by atoms with Gasteiger partial charge >= 0.3 is 0 Å². The van der Waals surface area contributed by atoms with Crippen LogP contribution >= 0.6 is 24.8 Å². The van der Waals surface area contributed by atoms with Gasteiger partial charge in [0.2, 0.25) is 0 Å². The minimum Gasteiger partial charge on any atom is -0.366 e. The summed E-state index contributed by atoms with van der Waals surface area (Å²) in [5.74, 6) is 0.847. The number of amides is 1. The Bertz CT molecular complexity index is 360. The zero-order valence-electron chi connectivity index (χ0n) is 14.6. The van der Waals surface area contributed by atoms with Crippen LogP contribution in [0.5, 0.6) is 0 Å². The summed E-state index contributed by atoms with van der Waals surface area (Å²) in [6.07, 6.45) is 7.61. The molecule has 142 valence electrons. The van der Waals surface area contributed by atoms with Crippen molar-refractivity contribution in [2.24, 2.45) is 5.92 Å². The van der Waals surface area contributed by atoms with E-state index in [1.807, 2.05) is 0 Å². The number of likely N-dealkylation sites (tertiary alicyclic amines) is 2. The predicted molar refractivity (Wildman–Crippen MR) is 101 cm³/mol. The first-order valence-corrected chi connectivity index (χ1v) is 9.16. The first-order chi connectivity index (χ1) is 10.8. The second-order valence-electron chi connectivity index (χ2n) is 7.07. The Morgan fingerprint density at radius 3 is 2.46 bits per heavy atom. The summed E-state index contributed by atoms with van der Waals surface area (Å²) in [5, 5.41) is 3.26. The van der Waals surface area contributed by atoms with E-state index in [9.17, 15) is 4.79 Å². The maximum Gasteiger partial charge on any atom is 0.253 e. The van der Waals surface area contributed by atoms with Gasteiger partial charge in [-0.15, -0.1) is 24.8 Å². The average molecular weight is 382 g/mol. The third-order valence-corrected chi connectivity index (χ3v) is 5.25. The molecule has 0 saturated carbocycles. The number of nitrogens with zero attached hydrogens (tertiary/aromatic N) is 2. The fourth-order valence-electron chi connectivity index (χ4n) is 4.03. The molecule has 0 bridgehead atoms. The smallest absolute Gasteiger partial charge is 0.253 e. The molecule has 0 spiro atoms. The lowest BCUT2D eigenvalue weighted by atomic mass is 9.96. The lowest BCUT2D eigenvalue weighted by Gasteiger charge is -2.37. The predicted octanol–water partition coefficient (Wildman–Crippen LogP) is 1.93. The van der Waals surface area contributed by atoms with Gasteiger partial charge in [0, 0.05) is 32.7 Å². The van der Waals surface area contributed by atoms with E-state index >= 15 is 0 Å². The highest BCUT2D eigenvalue weighted by atomic mass is 35.5. The van der Waals surface area contributed by atoms with E-state index in [1.54, 1.807) is 0 Å². The van der Waals surface area contributed by atoms with Crippen molar-refractivity contribution < 1.29 is 9.53 Å². The van der Waals surface area contributed by atoms with Crippen LogP contribution in [-0.2, 0) is 9.53 Å². The molecule has 24 heavy (non-hydrogen) atoms. The normalized spacial score (nSPS) is 29.1. The van der Waals surface area contributed by atoms with Gasteiger partial charge in [0.05, 0.1) is 6.61 Å². The van der Waals surface area contributed by atoms with E-state index in [0.717, 1.165) is 26.1 Å². The second kappa shape index (κ2) is 11.5. The molecule has 3 rings (SSSR count). The third kappa shape index (κ3) is 6.34. The van der Waals surface area contributed by atoms with Gasteiger partial charge in [0.1, 0.15) is 6.10 Å². The van der Waals surface area contributed by atoms with E-state index < -0.39 is 0 Å². The van der Waals surface area contributed by atoms with Crippen molar-refractivity contribution in [2.45, 2.75) is 44.6 Å². The number of piperidine rings is 1. The summed E-state index contributed by atoms with van der Waals surface area (Å²) in [7, 11) is 0. The highest BCUT2D eigenvalue weighted by Crippen LogP contribution is 2.21. The van der Waals surface area contributed by atoms with Crippen molar-refractivity contribution >= 4 is 30.7 Å². The zero-order chi connectivity index (χ0) is 15.2. The Kier molecular flexibility index (Phi) is 10.6. The number of carbonyl (C=O) groups excluding carboxylic acids is 1. The molecule has 0 aromatic carbocycles. The average Bonchev–Trinajstić information content (AvgIpc) is 2.84. The minimum absolute atomic E-state index is 0. The molecular formula is C17H33Cl2N3O2. The van der Waals surface area contributed by atoms with Gasteiger partial charge in [-0.05, 0) is 44.7 Å². The van der Waals surface area contributed by atoms with Crippen molar-refractivity contribution in [3.63, 3.8) is 0 Å². The van der Waals surface area contributed by atoms with Crippen molar-refractivity contribution in [1.29, 1.82) is 0 Å². The maximum atomic E-state index is 12.6. The van der Waals surface area contributed by atoms with E-state index in [4.69, 9.17) is 4.74 Å². The van der Waals surface area contributed by atoms with E-state index in [2.05, 4.69) is 15.1 Å². The fraction of sp³-hybridized carbons (Fsp3) is 0.941. The summed E-state index contributed by atoms with van der Waals surface area (Å²) in [6, 6.07) is 0. The van der Waals surface area contributed by atoms with E-state index in [0.29, 0.717) is 19.1 Å². The van der Waals surface area contributed by atoms with Crippen LogP contribution in [0.25, 0.3) is 0 Å². The van der Waals surface area contributed by atoms with Crippen molar-refractivity contribution in [3.05, 3.63) is 0 Å². The Balaban J connectivity index is 0.00000144. The number of halogens is 2. The van der Waals surface area contributed by atoms with Crippen molar-refractivity contribution in [1.82, 2.24) is 15.1 Å². The molecule has 3 heterocycles. The molecule has 2 atom stereocenters. The number of nitrogens with one attached hydrogen (secondary N) is 1. The number of rotatable bonds is 3. The van der Waals surface area contributed by atoms with Gasteiger partial charge in [0.15, 0.2) is 0 Å². The first kappa shape index (κ1) is 22.0. The molecule has 0 radical (unpaired) electrons. The van der Waals surface area contributed by atoms with Gasteiger partial charge in [-0.2, -0.15) is 0 Å². The van der Waals surface area contributed by atoms with Gasteiger partial charge in [0.25, 0.3) is 5.91 Å². The zero-order valence-corrected chi connectivity index (χ0v) is 16.2. The second-order valence-corrected chi connectivity index (χ2v) is 7.07. The number of hydrogen-bond donors (Lipinski definition) is 1. The van der Waals surface area contributed by atoms with Crippen LogP contribution < -0.4 is 5.32 Å². The molecule has 1 N–H and O–H groups in total. The Morgan fingerprint density at radius 2 is 1.79 bits per heavy atom. The third-order valence-electron chi connectivity index (χ3n) is 5.25. The number of hydrogen-bond acceptors (Lipinski definition) is 4. The van der Waals surface area contributed by atoms with Gasteiger partial charge < -0.3 is 19.9 Å². The van der Waals surface area contributed by atoms with Crippen LogP contribution in [0.4, 0.5) is 0 Å². The molecule has 3 fully saturated rings. The highest BCUT2D eigenvalue weighted by molar-refractivity contribution is 5.85. The van der Waals surface area contributed by atoms with Crippen LogP contribution in [0.2, 0.25) is 0 Å². The van der Waals surface area contributed by atoms with Crippen LogP contribution in [0, 0.1) is 5.92 Å². The topological polar surface area (TPSA) is 44.8 Å². The van der Waals surface area contributed by atoms with Crippen molar-refractivity contribution in [3.8, 4) is 0 Å². The molecule has 0 aromatic heterocycles. The number of carbonyl (C=O) groups is 1. The first-order valence-electron chi connectivity index (χ1n) is 9.16. The standard InChI is InChI=1S/C17H31N3O2.2ClH/c21-17(16-12-18-7-11-22-16)20-10-5-6-15(14-20)13-19-8-3-1-2-4-9-19;;/h15-16,18H,1-14H2;2*1H.